The Morgan fingerprint density at radius 1 is 1.19 bits per heavy atom. The maximum atomic E-state index is 11.6. The van der Waals surface area contributed by atoms with Gasteiger partial charge in [-0.15, -0.1) is 0 Å². The Hall–Kier alpha value is -1.34. The van der Waals surface area contributed by atoms with Gasteiger partial charge in [0.1, 0.15) is 0 Å². The normalized spacial score (nSPS) is 25.9. The lowest BCUT2D eigenvalue weighted by Gasteiger charge is -2.15. The van der Waals surface area contributed by atoms with Gasteiger partial charge >= 0.3 is 12.0 Å². The fraction of sp³-hybridized carbons (Fsp3) is 0.857. The predicted molar refractivity (Wildman–Crippen MR) is 77.2 cm³/mol. The van der Waals surface area contributed by atoms with Crippen molar-refractivity contribution in [3.63, 3.8) is 0 Å². The highest BCUT2D eigenvalue weighted by Crippen LogP contribution is 2.19. The van der Waals surface area contributed by atoms with Crippen molar-refractivity contribution in [1.82, 2.24) is 15.5 Å². The molecule has 0 bridgehead atoms. The average Bonchev–Trinajstić information content (AvgIpc) is 3.12. The topological polar surface area (TPSA) is 90.9 Å². The van der Waals surface area contributed by atoms with E-state index in [-0.39, 0.29) is 12.1 Å². The number of aliphatic carboxylic acids is 1. The summed E-state index contributed by atoms with van der Waals surface area (Å²) in [6, 6.07) is -0.209. The minimum atomic E-state index is -0.927. The molecule has 21 heavy (non-hydrogen) atoms. The van der Waals surface area contributed by atoms with Crippen molar-refractivity contribution < 1.29 is 19.4 Å². The first-order valence-electron chi connectivity index (χ1n) is 7.77. The van der Waals surface area contributed by atoms with Crippen LogP contribution in [0.5, 0.6) is 0 Å². The molecule has 2 unspecified atom stereocenters. The SMILES string of the molecule is O=C(NCCCN1CCCC1)NCC1CCC(C(=O)O)O1. The van der Waals surface area contributed by atoms with E-state index in [2.05, 4.69) is 15.5 Å². The predicted octanol–water partition coefficient (Wildman–Crippen LogP) is 0.404. The smallest absolute Gasteiger partial charge is 0.332 e. The molecule has 0 saturated carbocycles. The number of amides is 2. The second-order valence-electron chi connectivity index (χ2n) is 5.70. The van der Waals surface area contributed by atoms with Crippen LogP contribution < -0.4 is 10.6 Å². The molecule has 2 aliphatic rings. The van der Waals surface area contributed by atoms with Crippen LogP contribution in [-0.2, 0) is 9.53 Å². The van der Waals surface area contributed by atoms with Gasteiger partial charge in [-0.1, -0.05) is 0 Å². The first-order chi connectivity index (χ1) is 10.1. The van der Waals surface area contributed by atoms with E-state index in [4.69, 9.17) is 9.84 Å². The van der Waals surface area contributed by atoms with Gasteiger partial charge in [0.05, 0.1) is 6.10 Å². The third-order valence-electron chi connectivity index (χ3n) is 4.01. The van der Waals surface area contributed by atoms with Crippen LogP contribution >= 0.6 is 0 Å². The molecule has 2 fully saturated rings. The lowest BCUT2D eigenvalue weighted by molar-refractivity contribution is -0.149. The summed E-state index contributed by atoms with van der Waals surface area (Å²) in [5.74, 6) is -0.927. The van der Waals surface area contributed by atoms with Crippen molar-refractivity contribution in [1.29, 1.82) is 0 Å². The molecule has 2 amide bonds. The summed E-state index contributed by atoms with van der Waals surface area (Å²) < 4.78 is 5.32. The van der Waals surface area contributed by atoms with Gasteiger partial charge in [0.15, 0.2) is 6.10 Å². The van der Waals surface area contributed by atoms with E-state index in [0.29, 0.717) is 25.9 Å². The van der Waals surface area contributed by atoms with Gasteiger partial charge in [-0.3, -0.25) is 0 Å². The number of nitrogens with zero attached hydrogens (tertiary/aromatic N) is 1. The van der Waals surface area contributed by atoms with Crippen molar-refractivity contribution in [2.24, 2.45) is 0 Å². The number of carbonyl (C=O) groups is 2. The fourth-order valence-corrected chi connectivity index (χ4v) is 2.82. The molecule has 0 aliphatic carbocycles. The Morgan fingerprint density at radius 3 is 2.62 bits per heavy atom. The molecule has 0 radical (unpaired) electrons. The van der Waals surface area contributed by atoms with Crippen LogP contribution in [0.3, 0.4) is 0 Å². The van der Waals surface area contributed by atoms with Crippen LogP contribution in [0, 0.1) is 0 Å². The zero-order valence-corrected chi connectivity index (χ0v) is 12.3. The summed E-state index contributed by atoms with van der Waals surface area (Å²) in [5.41, 5.74) is 0. The average molecular weight is 299 g/mol. The van der Waals surface area contributed by atoms with Crippen molar-refractivity contribution in [3.05, 3.63) is 0 Å². The Morgan fingerprint density at radius 2 is 1.95 bits per heavy atom. The van der Waals surface area contributed by atoms with E-state index in [9.17, 15) is 9.59 Å². The van der Waals surface area contributed by atoms with E-state index >= 15 is 0 Å². The lowest BCUT2D eigenvalue weighted by atomic mass is 10.2. The highest BCUT2D eigenvalue weighted by Gasteiger charge is 2.30. The van der Waals surface area contributed by atoms with Gasteiger partial charge in [0, 0.05) is 13.1 Å². The second-order valence-corrected chi connectivity index (χ2v) is 5.70. The zero-order chi connectivity index (χ0) is 15.1. The first-order valence-corrected chi connectivity index (χ1v) is 7.77. The molecule has 0 aromatic heterocycles. The second kappa shape index (κ2) is 8.19. The summed E-state index contributed by atoms with van der Waals surface area (Å²) >= 11 is 0. The van der Waals surface area contributed by atoms with Gasteiger partial charge in [-0.05, 0) is 51.7 Å². The molecule has 2 saturated heterocycles. The number of ether oxygens (including phenoxy) is 1. The van der Waals surface area contributed by atoms with E-state index in [1.807, 2.05) is 0 Å². The van der Waals surface area contributed by atoms with Crippen LogP contribution in [0.2, 0.25) is 0 Å². The third-order valence-corrected chi connectivity index (χ3v) is 4.01. The number of likely N-dealkylation sites (tertiary alicyclic amines) is 1. The monoisotopic (exact) mass is 299 g/mol. The molecule has 0 aromatic rings. The lowest BCUT2D eigenvalue weighted by Crippen LogP contribution is -2.40. The highest BCUT2D eigenvalue weighted by molar-refractivity contribution is 5.74. The summed E-state index contributed by atoms with van der Waals surface area (Å²) in [4.78, 5) is 24.8. The Labute approximate surface area is 125 Å². The van der Waals surface area contributed by atoms with Gasteiger partial charge in [-0.2, -0.15) is 0 Å². The maximum Gasteiger partial charge on any atom is 0.332 e. The number of urea groups is 1. The molecule has 2 heterocycles. The molecule has 120 valence electrons. The number of carbonyl (C=O) groups excluding carboxylic acids is 1. The van der Waals surface area contributed by atoms with E-state index in [0.717, 1.165) is 13.0 Å². The van der Waals surface area contributed by atoms with Crippen LogP contribution in [0.15, 0.2) is 0 Å². The molecule has 7 heteroatoms. The van der Waals surface area contributed by atoms with E-state index < -0.39 is 12.1 Å². The van der Waals surface area contributed by atoms with Gasteiger partial charge in [0.25, 0.3) is 0 Å². The Kier molecular flexibility index (Phi) is 6.25. The molecular weight excluding hydrogens is 274 g/mol. The Bertz CT molecular complexity index is 358. The summed E-state index contributed by atoms with van der Waals surface area (Å²) in [6.45, 7) is 4.41. The van der Waals surface area contributed by atoms with Crippen molar-refractivity contribution in [2.75, 3.05) is 32.7 Å². The number of carboxylic acids is 1. The summed E-state index contributed by atoms with van der Waals surface area (Å²) in [5, 5.41) is 14.4. The molecule has 2 rings (SSSR count). The van der Waals surface area contributed by atoms with Gasteiger partial charge in [-0.25, -0.2) is 9.59 Å². The van der Waals surface area contributed by atoms with E-state index in [1.165, 1.54) is 25.9 Å². The number of nitrogens with one attached hydrogen (secondary N) is 2. The summed E-state index contributed by atoms with van der Waals surface area (Å²) in [7, 11) is 0. The molecule has 0 aromatic carbocycles. The van der Waals surface area contributed by atoms with Gasteiger partial charge < -0.3 is 25.4 Å². The minimum absolute atomic E-state index is 0.193. The standard InChI is InChI=1S/C14H25N3O4/c18-13(19)12-5-4-11(21-12)10-16-14(20)15-6-3-9-17-7-1-2-8-17/h11-12H,1-10H2,(H,18,19)(H2,15,16,20). The molecule has 2 aliphatic heterocycles. The fourth-order valence-electron chi connectivity index (χ4n) is 2.82. The minimum Gasteiger partial charge on any atom is -0.479 e. The third kappa shape index (κ3) is 5.51. The molecule has 7 nitrogen and oxygen atoms in total. The largest absolute Gasteiger partial charge is 0.479 e. The number of hydrogen-bond donors (Lipinski definition) is 3. The van der Waals surface area contributed by atoms with Crippen molar-refractivity contribution in [3.8, 4) is 0 Å². The maximum absolute atomic E-state index is 11.6. The number of hydrogen-bond acceptors (Lipinski definition) is 4. The van der Waals surface area contributed by atoms with Crippen LogP contribution in [0.25, 0.3) is 0 Å². The quantitative estimate of drug-likeness (QED) is 0.592. The van der Waals surface area contributed by atoms with Crippen molar-refractivity contribution >= 4 is 12.0 Å². The van der Waals surface area contributed by atoms with Crippen LogP contribution in [-0.4, -0.2) is 66.9 Å². The van der Waals surface area contributed by atoms with Crippen molar-refractivity contribution in [2.45, 2.75) is 44.3 Å². The Balaban J connectivity index is 1.48. The molecular formula is C14H25N3O4. The zero-order valence-electron chi connectivity index (χ0n) is 12.3. The van der Waals surface area contributed by atoms with Crippen LogP contribution in [0.4, 0.5) is 4.79 Å². The molecule has 2 atom stereocenters. The highest BCUT2D eigenvalue weighted by atomic mass is 16.5. The molecule has 0 spiro atoms. The summed E-state index contributed by atoms with van der Waals surface area (Å²) in [6.07, 6.45) is 3.79. The molecule has 3 N–H and O–H groups in total. The number of carboxylic acid groups (broad SMARTS) is 1. The first kappa shape index (κ1) is 16.0. The van der Waals surface area contributed by atoms with Gasteiger partial charge in [0.2, 0.25) is 0 Å². The number of rotatable bonds is 7. The van der Waals surface area contributed by atoms with E-state index in [1.54, 1.807) is 0 Å². The van der Waals surface area contributed by atoms with Crippen LogP contribution in [0.1, 0.15) is 32.1 Å².